The third-order valence-corrected chi connectivity index (χ3v) is 4.40. The van der Waals surface area contributed by atoms with Crippen LogP contribution in [0.2, 0.25) is 0 Å². The third-order valence-electron chi connectivity index (χ3n) is 4.40. The maximum Gasteiger partial charge on any atom is 0.314 e. The molecule has 4 heteroatoms. The first-order chi connectivity index (χ1) is 10.2. The maximum atomic E-state index is 11.8. The maximum absolute atomic E-state index is 11.8. The van der Waals surface area contributed by atoms with E-state index in [0.717, 1.165) is 19.3 Å². The highest BCUT2D eigenvalue weighted by molar-refractivity contribution is 5.74. The third kappa shape index (κ3) is 4.21. The Morgan fingerprint density at radius 2 is 2.00 bits per heavy atom. The van der Waals surface area contributed by atoms with E-state index in [2.05, 4.69) is 34.9 Å². The molecule has 0 spiro atoms. The Hall–Kier alpha value is -1.55. The number of carbonyl (C=O) groups is 1. The van der Waals surface area contributed by atoms with E-state index in [0.29, 0.717) is 19.5 Å². The van der Waals surface area contributed by atoms with Gasteiger partial charge in [-0.2, -0.15) is 0 Å². The first-order valence-electron chi connectivity index (χ1n) is 7.91. The zero-order valence-corrected chi connectivity index (χ0v) is 12.8. The molecular weight excluding hydrogens is 264 g/mol. The fourth-order valence-electron chi connectivity index (χ4n) is 2.92. The van der Waals surface area contributed by atoms with Crippen molar-refractivity contribution in [1.29, 1.82) is 0 Å². The molecule has 0 heterocycles. The van der Waals surface area contributed by atoms with Gasteiger partial charge in [0.05, 0.1) is 6.10 Å². The Morgan fingerprint density at radius 3 is 2.57 bits per heavy atom. The molecule has 4 nitrogen and oxygen atoms in total. The second-order valence-electron chi connectivity index (χ2n) is 6.01. The van der Waals surface area contributed by atoms with Crippen molar-refractivity contribution in [3.05, 3.63) is 35.9 Å². The van der Waals surface area contributed by atoms with E-state index in [-0.39, 0.29) is 11.4 Å². The first-order valence-corrected chi connectivity index (χ1v) is 7.91. The van der Waals surface area contributed by atoms with Crippen LogP contribution in [0, 0.1) is 0 Å². The van der Waals surface area contributed by atoms with Gasteiger partial charge in [-0.05, 0) is 24.8 Å². The van der Waals surface area contributed by atoms with Gasteiger partial charge in [0.2, 0.25) is 0 Å². The predicted octanol–water partition coefficient (Wildman–Crippen LogP) is 2.57. The molecule has 1 saturated carbocycles. The van der Waals surface area contributed by atoms with Crippen LogP contribution in [0.4, 0.5) is 4.79 Å². The second kappa shape index (κ2) is 7.46. The van der Waals surface area contributed by atoms with Crippen LogP contribution >= 0.6 is 0 Å². The summed E-state index contributed by atoms with van der Waals surface area (Å²) in [5.74, 6) is 0. The van der Waals surface area contributed by atoms with Gasteiger partial charge in [0, 0.05) is 18.5 Å². The molecule has 0 aliphatic heterocycles. The molecular formula is C17H26N2O2. The van der Waals surface area contributed by atoms with Crippen LogP contribution in [-0.2, 0) is 5.41 Å². The number of hydrogen-bond acceptors (Lipinski definition) is 2. The summed E-state index contributed by atoms with van der Waals surface area (Å²) in [4.78, 5) is 11.8. The van der Waals surface area contributed by atoms with Crippen molar-refractivity contribution >= 4 is 6.03 Å². The molecule has 2 amide bonds. The zero-order valence-electron chi connectivity index (χ0n) is 12.8. The van der Waals surface area contributed by atoms with Crippen molar-refractivity contribution in [3.8, 4) is 0 Å². The van der Waals surface area contributed by atoms with Crippen LogP contribution in [0.5, 0.6) is 0 Å². The molecule has 1 fully saturated rings. The van der Waals surface area contributed by atoms with Gasteiger partial charge in [-0.15, -0.1) is 0 Å². The highest BCUT2D eigenvalue weighted by atomic mass is 16.3. The van der Waals surface area contributed by atoms with Gasteiger partial charge in [0.15, 0.2) is 0 Å². The van der Waals surface area contributed by atoms with Crippen LogP contribution in [-0.4, -0.2) is 30.3 Å². The molecule has 1 aromatic carbocycles. The lowest BCUT2D eigenvalue weighted by molar-refractivity contribution is 0.159. The zero-order chi connectivity index (χ0) is 15.1. The molecule has 0 bridgehead atoms. The largest absolute Gasteiger partial charge is 0.391 e. The lowest BCUT2D eigenvalue weighted by Gasteiger charge is -2.42. The summed E-state index contributed by atoms with van der Waals surface area (Å²) in [7, 11) is 0. The number of benzene rings is 1. The summed E-state index contributed by atoms with van der Waals surface area (Å²) in [6.07, 6.45) is 4.64. The van der Waals surface area contributed by atoms with Gasteiger partial charge >= 0.3 is 6.03 Å². The van der Waals surface area contributed by atoms with Crippen molar-refractivity contribution in [2.45, 2.75) is 50.5 Å². The Balaban J connectivity index is 1.80. The number of carbonyl (C=O) groups excluding carboxylic acids is 1. The molecule has 0 saturated heterocycles. The Kier molecular flexibility index (Phi) is 5.62. The van der Waals surface area contributed by atoms with Crippen molar-refractivity contribution in [2.24, 2.45) is 0 Å². The van der Waals surface area contributed by atoms with Crippen LogP contribution in [0.3, 0.4) is 0 Å². The summed E-state index contributed by atoms with van der Waals surface area (Å²) in [6, 6.07) is 10.2. The van der Waals surface area contributed by atoms with E-state index in [4.69, 9.17) is 0 Å². The number of amides is 2. The van der Waals surface area contributed by atoms with Crippen molar-refractivity contribution < 1.29 is 9.90 Å². The highest BCUT2D eigenvalue weighted by Crippen LogP contribution is 2.43. The van der Waals surface area contributed by atoms with Gasteiger partial charge in [-0.1, -0.05) is 50.1 Å². The van der Waals surface area contributed by atoms with E-state index in [1.54, 1.807) is 0 Å². The van der Waals surface area contributed by atoms with Crippen LogP contribution in [0.1, 0.15) is 44.6 Å². The van der Waals surface area contributed by atoms with Gasteiger partial charge in [-0.3, -0.25) is 0 Å². The minimum Gasteiger partial charge on any atom is -0.391 e. The smallest absolute Gasteiger partial charge is 0.314 e. The average molecular weight is 290 g/mol. The fourth-order valence-corrected chi connectivity index (χ4v) is 2.92. The molecule has 1 unspecified atom stereocenters. The summed E-state index contributed by atoms with van der Waals surface area (Å²) < 4.78 is 0. The topological polar surface area (TPSA) is 61.4 Å². The predicted molar refractivity (Wildman–Crippen MR) is 84.3 cm³/mol. The summed E-state index contributed by atoms with van der Waals surface area (Å²) >= 11 is 0. The quantitative estimate of drug-likeness (QED) is 0.723. The summed E-state index contributed by atoms with van der Waals surface area (Å²) in [5, 5.41) is 15.3. The van der Waals surface area contributed by atoms with Gasteiger partial charge in [-0.25, -0.2) is 4.79 Å². The number of aliphatic hydroxyl groups excluding tert-OH is 1. The van der Waals surface area contributed by atoms with Crippen molar-refractivity contribution in [2.75, 3.05) is 13.1 Å². The second-order valence-corrected chi connectivity index (χ2v) is 6.01. The summed E-state index contributed by atoms with van der Waals surface area (Å²) in [6.45, 7) is 2.99. The monoisotopic (exact) mass is 290 g/mol. The highest BCUT2D eigenvalue weighted by Gasteiger charge is 2.38. The standard InChI is InChI=1S/C17H26N2O2/c1-2-7-15(20)12-18-16(21)19-13-17(10-6-11-17)14-8-4-3-5-9-14/h3-5,8-9,15,20H,2,6-7,10-13H2,1H3,(H2,18,19,21). The molecule has 3 N–H and O–H groups in total. The molecule has 0 aromatic heterocycles. The van der Waals surface area contributed by atoms with Gasteiger partial charge in [0.1, 0.15) is 0 Å². The lowest BCUT2D eigenvalue weighted by atomic mass is 9.64. The molecule has 1 aliphatic carbocycles. The van der Waals surface area contributed by atoms with Crippen molar-refractivity contribution in [1.82, 2.24) is 10.6 Å². The number of nitrogens with one attached hydrogen (secondary N) is 2. The number of aliphatic hydroxyl groups is 1. The summed E-state index contributed by atoms with van der Waals surface area (Å²) in [5.41, 5.74) is 1.41. The number of hydrogen-bond donors (Lipinski definition) is 3. The Labute approximate surface area is 126 Å². The van der Waals surface area contributed by atoms with Gasteiger partial charge < -0.3 is 15.7 Å². The Bertz CT molecular complexity index is 443. The van der Waals surface area contributed by atoms with E-state index in [9.17, 15) is 9.90 Å². The number of urea groups is 1. The fraction of sp³-hybridized carbons (Fsp3) is 0.588. The first kappa shape index (κ1) is 15.8. The van der Waals surface area contributed by atoms with E-state index in [1.807, 2.05) is 13.0 Å². The molecule has 0 radical (unpaired) electrons. The van der Waals surface area contributed by atoms with Crippen molar-refractivity contribution in [3.63, 3.8) is 0 Å². The SMILES string of the molecule is CCCC(O)CNC(=O)NCC1(c2ccccc2)CCC1. The van der Waals surface area contributed by atoms with Crippen LogP contribution in [0.25, 0.3) is 0 Å². The minimum atomic E-state index is -0.451. The average Bonchev–Trinajstić information content (AvgIpc) is 2.45. The molecule has 116 valence electrons. The lowest BCUT2D eigenvalue weighted by Crippen LogP contribution is -2.49. The van der Waals surface area contributed by atoms with E-state index < -0.39 is 6.10 Å². The molecule has 1 aliphatic rings. The van der Waals surface area contributed by atoms with E-state index in [1.165, 1.54) is 12.0 Å². The van der Waals surface area contributed by atoms with Gasteiger partial charge in [0.25, 0.3) is 0 Å². The Morgan fingerprint density at radius 1 is 1.29 bits per heavy atom. The minimum absolute atomic E-state index is 0.0979. The molecule has 1 aromatic rings. The van der Waals surface area contributed by atoms with Crippen LogP contribution in [0.15, 0.2) is 30.3 Å². The molecule has 21 heavy (non-hydrogen) atoms. The van der Waals surface area contributed by atoms with Crippen LogP contribution < -0.4 is 10.6 Å². The molecule has 1 atom stereocenters. The molecule has 2 rings (SSSR count). The van der Waals surface area contributed by atoms with E-state index >= 15 is 0 Å². The normalized spacial score (nSPS) is 17.6. The number of rotatable bonds is 7.